The van der Waals surface area contributed by atoms with Crippen LogP contribution in [-0.4, -0.2) is 48.3 Å². The first-order valence-corrected chi connectivity index (χ1v) is 10.3. The standard InChI is InChI=1S/C24H31N3O2/c1-17-8-5-11-20(14-17)21-12-7-13-27(21)16-23(29)26(4)15-22(28)25-24-18(2)9-6-10-19(24)3/h5-6,8-11,14,21H,7,12-13,15-16H2,1-4H3,(H,25,28). The number of aryl methyl sites for hydroxylation is 3. The minimum atomic E-state index is -0.171. The number of anilines is 1. The summed E-state index contributed by atoms with van der Waals surface area (Å²) in [4.78, 5) is 29.0. The van der Waals surface area contributed by atoms with Crippen LogP contribution in [0.15, 0.2) is 42.5 Å². The molecule has 1 heterocycles. The Bertz CT molecular complexity index is 873. The predicted octanol–water partition coefficient (Wildman–Crippen LogP) is 3.85. The van der Waals surface area contributed by atoms with Crippen LogP contribution in [0.1, 0.15) is 41.1 Å². The second-order valence-electron chi connectivity index (χ2n) is 8.11. The van der Waals surface area contributed by atoms with Gasteiger partial charge in [-0.1, -0.05) is 48.0 Å². The van der Waals surface area contributed by atoms with E-state index in [0.29, 0.717) is 6.54 Å². The molecule has 0 bridgehead atoms. The number of likely N-dealkylation sites (tertiary alicyclic amines) is 1. The first-order valence-electron chi connectivity index (χ1n) is 10.3. The van der Waals surface area contributed by atoms with E-state index in [9.17, 15) is 9.59 Å². The second-order valence-corrected chi connectivity index (χ2v) is 8.11. The van der Waals surface area contributed by atoms with Gasteiger partial charge >= 0.3 is 0 Å². The number of rotatable bonds is 6. The Balaban J connectivity index is 1.58. The molecule has 29 heavy (non-hydrogen) atoms. The number of amides is 2. The third-order valence-corrected chi connectivity index (χ3v) is 5.68. The Kier molecular flexibility index (Phi) is 6.70. The van der Waals surface area contributed by atoms with Crippen LogP contribution < -0.4 is 5.32 Å². The molecule has 154 valence electrons. The van der Waals surface area contributed by atoms with Crippen LogP contribution in [0.2, 0.25) is 0 Å². The van der Waals surface area contributed by atoms with E-state index in [4.69, 9.17) is 0 Å². The van der Waals surface area contributed by atoms with Crippen LogP contribution in [0, 0.1) is 20.8 Å². The van der Waals surface area contributed by atoms with Crippen molar-refractivity contribution < 1.29 is 9.59 Å². The van der Waals surface area contributed by atoms with Gasteiger partial charge in [0.25, 0.3) is 0 Å². The number of hydrogen-bond donors (Lipinski definition) is 1. The molecule has 2 aromatic carbocycles. The van der Waals surface area contributed by atoms with Gasteiger partial charge in [-0.25, -0.2) is 0 Å². The van der Waals surface area contributed by atoms with Crippen molar-refractivity contribution >= 4 is 17.5 Å². The highest BCUT2D eigenvalue weighted by Crippen LogP contribution is 2.32. The van der Waals surface area contributed by atoms with Crippen molar-refractivity contribution in [2.45, 2.75) is 39.7 Å². The summed E-state index contributed by atoms with van der Waals surface area (Å²) < 4.78 is 0. The molecule has 0 radical (unpaired) electrons. The lowest BCUT2D eigenvalue weighted by molar-refractivity contribution is -0.134. The van der Waals surface area contributed by atoms with Crippen LogP contribution in [0.25, 0.3) is 0 Å². The average molecular weight is 394 g/mol. The molecule has 3 rings (SSSR count). The van der Waals surface area contributed by atoms with Gasteiger partial charge < -0.3 is 10.2 Å². The van der Waals surface area contributed by atoms with E-state index in [2.05, 4.69) is 41.4 Å². The molecule has 0 aliphatic carbocycles. The second kappa shape index (κ2) is 9.23. The number of nitrogens with one attached hydrogen (secondary N) is 1. The largest absolute Gasteiger partial charge is 0.335 e. The van der Waals surface area contributed by atoms with Gasteiger partial charge in [-0.05, 0) is 56.8 Å². The number of hydrogen-bond acceptors (Lipinski definition) is 3. The minimum Gasteiger partial charge on any atom is -0.335 e. The predicted molar refractivity (Wildman–Crippen MR) is 117 cm³/mol. The summed E-state index contributed by atoms with van der Waals surface area (Å²) in [6.07, 6.45) is 2.15. The topological polar surface area (TPSA) is 52.7 Å². The lowest BCUT2D eigenvalue weighted by atomic mass is 10.0. The van der Waals surface area contributed by atoms with Gasteiger partial charge in [0.2, 0.25) is 11.8 Å². The summed E-state index contributed by atoms with van der Waals surface area (Å²) in [7, 11) is 1.70. The molecule has 0 spiro atoms. The van der Waals surface area contributed by atoms with Crippen molar-refractivity contribution in [1.82, 2.24) is 9.80 Å². The normalized spacial score (nSPS) is 16.6. The average Bonchev–Trinajstić information content (AvgIpc) is 3.13. The van der Waals surface area contributed by atoms with Gasteiger partial charge in [-0.15, -0.1) is 0 Å². The molecular formula is C24H31N3O2. The molecule has 1 aliphatic heterocycles. The van der Waals surface area contributed by atoms with Crippen LogP contribution in [0.3, 0.4) is 0 Å². The van der Waals surface area contributed by atoms with Gasteiger partial charge in [0.15, 0.2) is 0 Å². The van der Waals surface area contributed by atoms with Crippen LogP contribution in [0.4, 0.5) is 5.69 Å². The SMILES string of the molecule is Cc1cccc(C2CCCN2CC(=O)N(C)CC(=O)Nc2c(C)cccc2C)c1. The van der Waals surface area contributed by atoms with E-state index < -0.39 is 0 Å². The van der Waals surface area contributed by atoms with Crippen molar-refractivity contribution in [3.05, 3.63) is 64.7 Å². The molecule has 1 N–H and O–H groups in total. The fraction of sp³-hybridized carbons (Fsp3) is 0.417. The Labute approximate surface area is 173 Å². The fourth-order valence-corrected chi connectivity index (χ4v) is 4.06. The maximum absolute atomic E-state index is 12.8. The van der Waals surface area contributed by atoms with Gasteiger partial charge in [0, 0.05) is 18.8 Å². The van der Waals surface area contributed by atoms with Gasteiger partial charge in [0.1, 0.15) is 0 Å². The Morgan fingerprint density at radius 2 is 1.79 bits per heavy atom. The highest BCUT2D eigenvalue weighted by molar-refractivity contribution is 5.95. The van der Waals surface area contributed by atoms with E-state index >= 15 is 0 Å². The summed E-state index contributed by atoms with van der Waals surface area (Å²) in [6.45, 7) is 7.33. The Morgan fingerprint density at radius 3 is 2.48 bits per heavy atom. The third kappa shape index (κ3) is 5.24. The van der Waals surface area contributed by atoms with Crippen molar-refractivity contribution in [1.29, 1.82) is 0 Å². The molecule has 0 saturated carbocycles. The summed E-state index contributed by atoms with van der Waals surface area (Å²) >= 11 is 0. The van der Waals surface area contributed by atoms with Crippen molar-refractivity contribution in [2.75, 3.05) is 32.0 Å². The fourth-order valence-electron chi connectivity index (χ4n) is 4.06. The van der Waals surface area contributed by atoms with Crippen molar-refractivity contribution in [2.24, 2.45) is 0 Å². The van der Waals surface area contributed by atoms with Gasteiger partial charge in [0.05, 0.1) is 13.1 Å². The zero-order valence-corrected chi connectivity index (χ0v) is 17.9. The molecule has 0 aromatic heterocycles. The lowest BCUT2D eigenvalue weighted by Crippen LogP contribution is -2.41. The molecule has 2 aromatic rings. The van der Waals surface area contributed by atoms with E-state index in [0.717, 1.165) is 36.2 Å². The molecule has 1 aliphatic rings. The highest BCUT2D eigenvalue weighted by Gasteiger charge is 2.28. The third-order valence-electron chi connectivity index (χ3n) is 5.68. The number of para-hydroxylation sites is 1. The quantitative estimate of drug-likeness (QED) is 0.811. The molecule has 1 fully saturated rings. The minimum absolute atomic E-state index is 0.0267. The Hall–Kier alpha value is -2.66. The number of carbonyl (C=O) groups excluding carboxylic acids is 2. The molecule has 2 amide bonds. The lowest BCUT2D eigenvalue weighted by Gasteiger charge is -2.27. The molecule has 5 nitrogen and oxygen atoms in total. The van der Waals surface area contributed by atoms with Crippen LogP contribution in [0.5, 0.6) is 0 Å². The number of carbonyl (C=O) groups is 2. The molecule has 5 heteroatoms. The monoisotopic (exact) mass is 393 g/mol. The Morgan fingerprint density at radius 1 is 1.10 bits per heavy atom. The van der Waals surface area contributed by atoms with Crippen molar-refractivity contribution in [3.8, 4) is 0 Å². The number of nitrogens with zero attached hydrogens (tertiary/aromatic N) is 2. The summed E-state index contributed by atoms with van der Waals surface area (Å²) in [5.74, 6) is -0.198. The highest BCUT2D eigenvalue weighted by atomic mass is 16.2. The zero-order chi connectivity index (χ0) is 21.0. The van der Waals surface area contributed by atoms with Gasteiger partial charge in [-0.3, -0.25) is 14.5 Å². The molecule has 1 atom stereocenters. The summed E-state index contributed by atoms with van der Waals surface area (Å²) in [5.41, 5.74) is 5.37. The zero-order valence-electron chi connectivity index (χ0n) is 17.9. The molecule has 1 saturated heterocycles. The van der Waals surface area contributed by atoms with Crippen LogP contribution in [-0.2, 0) is 9.59 Å². The molecule has 1 unspecified atom stereocenters. The molecular weight excluding hydrogens is 362 g/mol. The maximum Gasteiger partial charge on any atom is 0.243 e. The van der Waals surface area contributed by atoms with Crippen molar-refractivity contribution in [3.63, 3.8) is 0 Å². The summed E-state index contributed by atoms with van der Waals surface area (Å²) in [5, 5.41) is 2.95. The van der Waals surface area contributed by atoms with Crippen LogP contribution >= 0.6 is 0 Å². The van der Waals surface area contributed by atoms with E-state index in [1.165, 1.54) is 16.0 Å². The van der Waals surface area contributed by atoms with Gasteiger partial charge in [-0.2, -0.15) is 0 Å². The maximum atomic E-state index is 12.8. The number of benzene rings is 2. The first-order chi connectivity index (χ1) is 13.8. The van der Waals surface area contributed by atoms with E-state index in [-0.39, 0.29) is 24.4 Å². The van der Waals surface area contributed by atoms with E-state index in [1.54, 1.807) is 7.05 Å². The number of likely N-dealkylation sites (N-methyl/N-ethyl adjacent to an activating group) is 1. The smallest absolute Gasteiger partial charge is 0.243 e. The van der Waals surface area contributed by atoms with E-state index in [1.807, 2.05) is 32.0 Å². The summed E-state index contributed by atoms with van der Waals surface area (Å²) in [6, 6.07) is 14.7. The first kappa shape index (κ1) is 21.1.